The molecule has 2 saturated heterocycles. The largest absolute Gasteiger partial charge is 0.481 e. The molecule has 0 aromatic carbocycles. The van der Waals surface area contributed by atoms with Gasteiger partial charge in [0.2, 0.25) is 0 Å². The summed E-state index contributed by atoms with van der Waals surface area (Å²) >= 11 is 0. The van der Waals surface area contributed by atoms with Gasteiger partial charge in [0, 0.05) is 19.2 Å². The Balaban J connectivity index is 2.02. The van der Waals surface area contributed by atoms with E-state index in [4.69, 9.17) is 4.74 Å². The van der Waals surface area contributed by atoms with E-state index in [1.807, 2.05) is 4.90 Å². The Morgan fingerprint density at radius 2 is 2.28 bits per heavy atom. The third-order valence-corrected chi connectivity index (χ3v) is 5.69. The number of aliphatic carboxylic acids is 1. The fourth-order valence-corrected chi connectivity index (χ4v) is 4.50. The zero-order valence-corrected chi connectivity index (χ0v) is 11.3. The van der Waals surface area contributed by atoms with Crippen LogP contribution in [0.15, 0.2) is 0 Å². The molecule has 0 aromatic heterocycles. The van der Waals surface area contributed by atoms with E-state index >= 15 is 0 Å². The number of nitrogens with zero attached hydrogens (tertiary/aromatic N) is 1. The molecule has 6 nitrogen and oxygen atoms in total. The average molecular weight is 277 g/mol. The molecule has 2 heterocycles. The lowest BCUT2D eigenvalue weighted by atomic mass is 9.86. The van der Waals surface area contributed by atoms with Gasteiger partial charge in [0.1, 0.15) is 5.41 Å². The van der Waals surface area contributed by atoms with Crippen LogP contribution in [0.25, 0.3) is 0 Å². The Kier molecular flexibility index (Phi) is 3.66. The summed E-state index contributed by atoms with van der Waals surface area (Å²) in [6.07, 6.45) is 1.08. The van der Waals surface area contributed by atoms with Gasteiger partial charge in [-0.15, -0.1) is 0 Å². The van der Waals surface area contributed by atoms with Gasteiger partial charge in [-0.3, -0.25) is 4.79 Å². The zero-order chi connectivity index (χ0) is 13.4. The summed E-state index contributed by atoms with van der Waals surface area (Å²) in [5.74, 6) is -0.508. The molecule has 2 atom stereocenters. The Morgan fingerprint density at radius 1 is 1.56 bits per heavy atom. The van der Waals surface area contributed by atoms with Crippen molar-refractivity contribution >= 4 is 15.8 Å². The van der Waals surface area contributed by atoms with Gasteiger partial charge in [0.15, 0.2) is 9.84 Å². The second-order valence-electron chi connectivity index (χ2n) is 5.36. The molecular formula is C11H19NO5S. The third-order valence-electron chi connectivity index (χ3n) is 3.94. The van der Waals surface area contributed by atoms with Crippen molar-refractivity contribution < 1.29 is 23.1 Å². The molecule has 2 rings (SSSR count). The van der Waals surface area contributed by atoms with Crippen LogP contribution in [0.1, 0.15) is 12.8 Å². The van der Waals surface area contributed by atoms with Crippen LogP contribution in [0, 0.1) is 5.41 Å². The number of carboxylic acid groups (broad SMARTS) is 1. The zero-order valence-electron chi connectivity index (χ0n) is 10.5. The Morgan fingerprint density at radius 3 is 2.72 bits per heavy atom. The summed E-state index contributed by atoms with van der Waals surface area (Å²) in [5.41, 5.74) is -0.874. The van der Waals surface area contributed by atoms with Gasteiger partial charge < -0.3 is 14.7 Å². The van der Waals surface area contributed by atoms with Gasteiger partial charge in [-0.1, -0.05) is 0 Å². The van der Waals surface area contributed by atoms with Crippen LogP contribution in [0.4, 0.5) is 0 Å². The summed E-state index contributed by atoms with van der Waals surface area (Å²) < 4.78 is 28.1. The second-order valence-corrected chi connectivity index (χ2v) is 7.59. The van der Waals surface area contributed by atoms with E-state index in [-0.39, 0.29) is 24.2 Å². The number of sulfone groups is 1. The maximum Gasteiger partial charge on any atom is 0.313 e. The number of carboxylic acids is 1. The molecule has 0 bridgehead atoms. The highest BCUT2D eigenvalue weighted by atomic mass is 32.2. The first kappa shape index (κ1) is 13.8. The number of hydrogen-bond donors (Lipinski definition) is 1. The van der Waals surface area contributed by atoms with Crippen LogP contribution in [0.2, 0.25) is 0 Å². The van der Waals surface area contributed by atoms with Gasteiger partial charge >= 0.3 is 5.97 Å². The van der Waals surface area contributed by atoms with E-state index in [9.17, 15) is 18.3 Å². The second kappa shape index (κ2) is 4.79. The highest BCUT2D eigenvalue weighted by Crippen LogP contribution is 2.31. The minimum atomic E-state index is -2.93. The van der Waals surface area contributed by atoms with E-state index in [0.717, 1.165) is 0 Å². The molecule has 1 N–H and O–H groups in total. The van der Waals surface area contributed by atoms with Crippen molar-refractivity contribution in [3.8, 4) is 0 Å². The first-order chi connectivity index (χ1) is 8.35. The monoisotopic (exact) mass is 277 g/mol. The lowest BCUT2D eigenvalue weighted by Crippen LogP contribution is -2.46. The number of rotatable bonds is 4. The minimum Gasteiger partial charge on any atom is -0.481 e. The van der Waals surface area contributed by atoms with E-state index in [1.54, 1.807) is 7.05 Å². The van der Waals surface area contributed by atoms with Crippen molar-refractivity contribution in [2.24, 2.45) is 5.41 Å². The lowest BCUT2D eigenvalue weighted by molar-refractivity contribution is -0.150. The molecule has 0 aliphatic carbocycles. The molecule has 0 amide bonds. The van der Waals surface area contributed by atoms with Crippen molar-refractivity contribution in [1.82, 2.24) is 4.90 Å². The van der Waals surface area contributed by atoms with Crippen LogP contribution >= 0.6 is 0 Å². The van der Waals surface area contributed by atoms with E-state index in [1.165, 1.54) is 0 Å². The first-order valence-electron chi connectivity index (χ1n) is 6.06. The van der Waals surface area contributed by atoms with Crippen molar-refractivity contribution in [3.63, 3.8) is 0 Å². The van der Waals surface area contributed by atoms with Crippen LogP contribution in [0.5, 0.6) is 0 Å². The standard InChI is InChI=1S/C11H19NO5S/c1-12(9-2-5-18(15,16)6-9)7-11(10(13)14)3-4-17-8-11/h9H,2-8H2,1H3,(H,13,14). The molecule has 2 aliphatic rings. The Bertz CT molecular complexity index is 427. The smallest absolute Gasteiger partial charge is 0.313 e. The van der Waals surface area contributed by atoms with Crippen LogP contribution in [-0.2, 0) is 19.4 Å². The van der Waals surface area contributed by atoms with Crippen LogP contribution < -0.4 is 0 Å². The van der Waals surface area contributed by atoms with Crippen molar-refractivity contribution in [2.75, 3.05) is 38.3 Å². The molecule has 18 heavy (non-hydrogen) atoms. The minimum absolute atomic E-state index is 0.0631. The van der Waals surface area contributed by atoms with E-state index in [0.29, 0.717) is 26.0 Å². The first-order valence-corrected chi connectivity index (χ1v) is 7.89. The molecule has 7 heteroatoms. The number of carbonyl (C=O) groups is 1. The maximum absolute atomic E-state index is 11.4. The Hall–Kier alpha value is -0.660. The molecule has 0 saturated carbocycles. The SMILES string of the molecule is CN(CC1(C(=O)O)CCOC1)C1CCS(=O)(=O)C1. The van der Waals surface area contributed by atoms with Crippen LogP contribution in [0.3, 0.4) is 0 Å². The molecular weight excluding hydrogens is 258 g/mol. The highest BCUT2D eigenvalue weighted by molar-refractivity contribution is 7.91. The summed E-state index contributed by atoms with van der Waals surface area (Å²) in [5, 5.41) is 9.33. The van der Waals surface area contributed by atoms with E-state index < -0.39 is 21.2 Å². The quantitative estimate of drug-likeness (QED) is 0.752. The van der Waals surface area contributed by atoms with Crippen molar-refractivity contribution in [2.45, 2.75) is 18.9 Å². The molecule has 104 valence electrons. The maximum atomic E-state index is 11.4. The van der Waals surface area contributed by atoms with Crippen molar-refractivity contribution in [3.05, 3.63) is 0 Å². The predicted octanol–water partition coefficient (Wildman–Crippen LogP) is -0.403. The van der Waals surface area contributed by atoms with Gasteiger partial charge in [0.25, 0.3) is 0 Å². The number of hydrogen-bond acceptors (Lipinski definition) is 5. The van der Waals surface area contributed by atoms with E-state index in [2.05, 4.69) is 0 Å². The molecule has 0 radical (unpaired) electrons. The highest BCUT2D eigenvalue weighted by Gasteiger charge is 2.45. The summed E-state index contributed by atoms with van der Waals surface area (Å²) in [6.45, 7) is 1.03. The molecule has 2 fully saturated rings. The fraction of sp³-hybridized carbons (Fsp3) is 0.909. The van der Waals surface area contributed by atoms with Gasteiger partial charge in [-0.05, 0) is 19.9 Å². The van der Waals surface area contributed by atoms with Gasteiger partial charge in [-0.25, -0.2) is 8.42 Å². The fourth-order valence-electron chi connectivity index (χ4n) is 2.70. The molecule has 2 aliphatic heterocycles. The van der Waals surface area contributed by atoms with Gasteiger partial charge in [-0.2, -0.15) is 0 Å². The van der Waals surface area contributed by atoms with Crippen molar-refractivity contribution in [1.29, 1.82) is 0 Å². The lowest BCUT2D eigenvalue weighted by Gasteiger charge is -2.31. The number of ether oxygens (including phenoxy) is 1. The summed E-state index contributed by atoms with van der Waals surface area (Å²) in [6, 6.07) is -0.0631. The van der Waals surface area contributed by atoms with Crippen LogP contribution in [-0.4, -0.2) is 68.7 Å². The molecule has 0 spiro atoms. The topological polar surface area (TPSA) is 83.9 Å². The molecule has 0 aromatic rings. The normalized spacial score (nSPS) is 35.1. The molecule has 2 unspecified atom stereocenters. The summed E-state index contributed by atoms with van der Waals surface area (Å²) in [7, 11) is -1.13. The Labute approximate surface area is 107 Å². The summed E-state index contributed by atoms with van der Waals surface area (Å²) in [4.78, 5) is 13.2. The predicted molar refractivity (Wildman–Crippen MR) is 65.2 cm³/mol. The third kappa shape index (κ3) is 2.67. The average Bonchev–Trinajstić information content (AvgIpc) is 2.85. The van der Waals surface area contributed by atoms with Gasteiger partial charge in [0.05, 0.1) is 18.1 Å².